The zero-order valence-corrected chi connectivity index (χ0v) is 20.9. The molecule has 0 radical (unpaired) electrons. The molecule has 4 aliphatic carbocycles. The molecule has 1 N–H and O–H groups in total. The van der Waals surface area contributed by atoms with Crippen LogP contribution in [0.3, 0.4) is 0 Å². The van der Waals surface area contributed by atoms with Crippen molar-refractivity contribution in [2.75, 3.05) is 0 Å². The topological polar surface area (TPSA) is 20.2 Å². The molecular weight excluding hydrogens is 409 g/mol. The van der Waals surface area contributed by atoms with E-state index in [0.717, 1.165) is 32.1 Å². The summed E-state index contributed by atoms with van der Waals surface area (Å²) < 4.78 is 39.1. The summed E-state index contributed by atoms with van der Waals surface area (Å²) >= 11 is 0. The highest BCUT2D eigenvalue weighted by molar-refractivity contribution is 5.29. The van der Waals surface area contributed by atoms with Crippen molar-refractivity contribution in [3.8, 4) is 0 Å². The van der Waals surface area contributed by atoms with E-state index in [1.54, 1.807) is 5.57 Å². The molecule has 4 heteroatoms. The number of fused-ring (bicyclic) bond motifs is 5. The maximum Gasteiger partial charge on any atom is 0.391 e. The fraction of sp³-hybridized carbons (Fsp3) is 0.929. The summed E-state index contributed by atoms with van der Waals surface area (Å²) in [5.74, 6) is 1.61. The Morgan fingerprint density at radius 1 is 1.06 bits per heavy atom. The molecule has 0 unspecified atom stereocenters. The summed E-state index contributed by atoms with van der Waals surface area (Å²) in [5, 5.41) is 11.0. The standard InChI is InChI=1S/C28H45F3O/c1-6-27(32)16-15-25(4)20(17-27)9-10-21-23-12-11-22(26(23,5)14-13-24(21)25)18(2)7-8-19(3)28(29,30)31/h13,18-23,32H,6-12,14-17H2,1-5H3/t18-,19-,20+,21+,22-,23+,25+,26-,27+/m1/s1. The van der Waals surface area contributed by atoms with Gasteiger partial charge in [0.1, 0.15) is 0 Å². The summed E-state index contributed by atoms with van der Waals surface area (Å²) in [7, 11) is 0. The molecule has 0 aliphatic heterocycles. The Labute approximate surface area is 193 Å². The smallest absolute Gasteiger partial charge is 0.390 e. The van der Waals surface area contributed by atoms with Crippen LogP contribution >= 0.6 is 0 Å². The number of allylic oxidation sites excluding steroid dienone is 2. The Morgan fingerprint density at radius 2 is 1.78 bits per heavy atom. The first-order valence-electron chi connectivity index (χ1n) is 13.3. The largest absolute Gasteiger partial charge is 0.391 e. The minimum atomic E-state index is -4.07. The van der Waals surface area contributed by atoms with Crippen molar-refractivity contribution in [3.63, 3.8) is 0 Å². The maximum atomic E-state index is 13.0. The van der Waals surface area contributed by atoms with E-state index in [1.165, 1.54) is 32.6 Å². The van der Waals surface area contributed by atoms with Gasteiger partial charge in [-0.3, -0.25) is 0 Å². The van der Waals surface area contributed by atoms with Crippen molar-refractivity contribution in [3.05, 3.63) is 11.6 Å². The monoisotopic (exact) mass is 454 g/mol. The van der Waals surface area contributed by atoms with Crippen molar-refractivity contribution in [1.29, 1.82) is 0 Å². The highest BCUT2D eigenvalue weighted by Gasteiger charge is 2.58. The first kappa shape index (κ1) is 24.6. The quantitative estimate of drug-likeness (QED) is 0.414. The first-order valence-corrected chi connectivity index (χ1v) is 13.3. The molecule has 0 aromatic rings. The van der Waals surface area contributed by atoms with E-state index in [2.05, 4.69) is 33.8 Å². The van der Waals surface area contributed by atoms with Gasteiger partial charge in [-0.1, -0.05) is 46.3 Å². The third-order valence-electron chi connectivity index (χ3n) is 11.2. The molecule has 9 atom stereocenters. The molecule has 0 heterocycles. The van der Waals surface area contributed by atoms with Gasteiger partial charge in [0.15, 0.2) is 0 Å². The number of rotatable bonds is 5. The number of hydrogen-bond donors (Lipinski definition) is 1. The molecule has 0 aromatic carbocycles. The number of aliphatic hydroxyl groups is 1. The van der Waals surface area contributed by atoms with Crippen LogP contribution in [0.2, 0.25) is 0 Å². The van der Waals surface area contributed by atoms with Gasteiger partial charge in [-0.15, -0.1) is 0 Å². The lowest BCUT2D eigenvalue weighted by Crippen LogP contribution is -2.51. The average Bonchev–Trinajstić information content (AvgIpc) is 3.09. The van der Waals surface area contributed by atoms with Gasteiger partial charge in [-0.2, -0.15) is 13.2 Å². The van der Waals surface area contributed by atoms with Crippen LogP contribution in [0, 0.1) is 46.3 Å². The summed E-state index contributed by atoms with van der Waals surface area (Å²) in [6.45, 7) is 10.6. The van der Waals surface area contributed by atoms with Crippen LogP contribution in [-0.2, 0) is 0 Å². The van der Waals surface area contributed by atoms with Gasteiger partial charge in [-0.25, -0.2) is 0 Å². The Morgan fingerprint density at radius 3 is 2.44 bits per heavy atom. The summed E-state index contributed by atoms with van der Waals surface area (Å²) in [6, 6.07) is 0. The molecule has 3 fully saturated rings. The molecule has 0 aromatic heterocycles. The molecule has 3 saturated carbocycles. The van der Waals surface area contributed by atoms with Crippen LogP contribution < -0.4 is 0 Å². The van der Waals surface area contributed by atoms with E-state index in [1.807, 2.05) is 0 Å². The second-order valence-electron chi connectivity index (χ2n) is 12.7. The lowest BCUT2D eigenvalue weighted by Gasteiger charge is -2.58. The lowest BCUT2D eigenvalue weighted by atomic mass is 9.47. The molecule has 0 bridgehead atoms. The Kier molecular flexibility index (Phi) is 6.39. The molecule has 4 aliphatic rings. The predicted molar refractivity (Wildman–Crippen MR) is 124 cm³/mol. The predicted octanol–water partition coefficient (Wildman–Crippen LogP) is 8.32. The van der Waals surface area contributed by atoms with Crippen LogP contribution in [-0.4, -0.2) is 16.9 Å². The lowest BCUT2D eigenvalue weighted by molar-refractivity contribution is -0.172. The Hall–Kier alpha value is -0.510. The van der Waals surface area contributed by atoms with Gasteiger partial charge in [0.25, 0.3) is 0 Å². The Balaban J connectivity index is 1.50. The normalized spacial score (nSPS) is 46.0. The first-order chi connectivity index (χ1) is 14.8. The van der Waals surface area contributed by atoms with Gasteiger partial charge in [0.2, 0.25) is 0 Å². The van der Waals surface area contributed by atoms with Crippen LogP contribution in [0.15, 0.2) is 11.6 Å². The number of halogens is 3. The van der Waals surface area contributed by atoms with Gasteiger partial charge >= 0.3 is 6.18 Å². The second kappa shape index (κ2) is 8.31. The third kappa shape index (κ3) is 3.99. The summed E-state index contributed by atoms with van der Waals surface area (Å²) in [5.41, 5.74) is 1.69. The molecule has 32 heavy (non-hydrogen) atoms. The van der Waals surface area contributed by atoms with Gasteiger partial charge in [0.05, 0.1) is 11.5 Å². The van der Waals surface area contributed by atoms with E-state index in [4.69, 9.17) is 0 Å². The highest BCUT2D eigenvalue weighted by Crippen LogP contribution is 2.67. The fourth-order valence-corrected chi connectivity index (χ4v) is 8.77. The molecule has 0 spiro atoms. The van der Waals surface area contributed by atoms with Gasteiger partial charge < -0.3 is 5.11 Å². The molecule has 184 valence electrons. The minimum absolute atomic E-state index is 0.233. The zero-order chi connectivity index (χ0) is 23.5. The fourth-order valence-electron chi connectivity index (χ4n) is 8.77. The second-order valence-corrected chi connectivity index (χ2v) is 12.7. The van der Waals surface area contributed by atoms with E-state index in [9.17, 15) is 18.3 Å². The molecular formula is C28H45F3O. The summed E-state index contributed by atoms with van der Waals surface area (Å²) in [6.07, 6.45) is 9.23. The van der Waals surface area contributed by atoms with Crippen molar-refractivity contribution >= 4 is 0 Å². The Bertz CT molecular complexity index is 729. The van der Waals surface area contributed by atoms with Gasteiger partial charge in [-0.05, 0) is 111 Å². The molecule has 0 amide bonds. The minimum Gasteiger partial charge on any atom is -0.390 e. The van der Waals surface area contributed by atoms with E-state index >= 15 is 0 Å². The van der Waals surface area contributed by atoms with E-state index < -0.39 is 17.7 Å². The van der Waals surface area contributed by atoms with Crippen molar-refractivity contribution in [1.82, 2.24) is 0 Å². The van der Waals surface area contributed by atoms with Crippen LogP contribution in [0.4, 0.5) is 13.2 Å². The van der Waals surface area contributed by atoms with Crippen molar-refractivity contribution < 1.29 is 18.3 Å². The van der Waals surface area contributed by atoms with Gasteiger partial charge in [0, 0.05) is 0 Å². The molecule has 4 rings (SSSR count). The molecule has 0 saturated heterocycles. The number of alkyl halides is 3. The van der Waals surface area contributed by atoms with Crippen molar-refractivity contribution in [2.24, 2.45) is 46.3 Å². The maximum absolute atomic E-state index is 13.0. The third-order valence-corrected chi connectivity index (χ3v) is 11.2. The average molecular weight is 455 g/mol. The van der Waals surface area contributed by atoms with Crippen LogP contribution in [0.25, 0.3) is 0 Å². The van der Waals surface area contributed by atoms with E-state index in [-0.39, 0.29) is 17.3 Å². The number of hydrogen-bond acceptors (Lipinski definition) is 1. The highest BCUT2D eigenvalue weighted by atomic mass is 19.4. The molecule has 1 nitrogen and oxygen atoms in total. The van der Waals surface area contributed by atoms with E-state index in [0.29, 0.717) is 36.0 Å². The zero-order valence-electron chi connectivity index (χ0n) is 20.9. The van der Waals surface area contributed by atoms with Crippen molar-refractivity contribution in [2.45, 2.75) is 117 Å². The van der Waals surface area contributed by atoms with Crippen LogP contribution in [0.1, 0.15) is 105 Å². The van der Waals surface area contributed by atoms with Crippen LogP contribution in [0.5, 0.6) is 0 Å². The SMILES string of the molecule is CC[C@]1(O)CC[C@]2(C)C3=CC[C@]4(C)[C@@H]([C@H](C)CC[C@@H](C)C(F)(F)F)CC[C@H]4[C@@H]3CC[C@H]2C1. The summed E-state index contributed by atoms with van der Waals surface area (Å²) in [4.78, 5) is 0.